The van der Waals surface area contributed by atoms with Gasteiger partial charge in [-0.05, 0) is 54.8 Å². The SMILES string of the molecule is CC(c1cccc(O)c1)N(C)C(=O)c1ccc2c(c1)CCC(=O)N2C. The monoisotopic (exact) mass is 338 g/mol. The van der Waals surface area contributed by atoms with Gasteiger partial charge in [0, 0.05) is 31.8 Å². The maximum absolute atomic E-state index is 12.9. The van der Waals surface area contributed by atoms with Gasteiger partial charge in [0.2, 0.25) is 5.91 Å². The van der Waals surface area contributed by atoms with E-state index < -0.39 is 0 Å². The lowest BCUT2D eigenvalue weighted by molar-refractivity contribution is -0.118. The molecular weight excluding hydrogens is 316 g/mol. The van der Waals surface area contributed by atoms with Crippen LogP contribution in [-0.2, 0) is 11.2 Å². The molecule has 5 nitrogen and oxygen atoms in total. The number of hydrogen-bond acceptors (Lipinski definition) is 3. The lowest BCUT2D eigenvalue weighted by Crippen LogP contribution is -2.32. The Labute approximate surface area is 147 Å². The summed E-state index contributed by atoms with van der Waals surface area (Å²) in [4.78, 5) is 28.0. The lowest BCUT2D eigenvalue weighted by Gasteiger charge is -2.28. The fourth-order valence-electron chi connectivity index (χ4n) is 3.18. The van der Waals surface area contributed by atoms with E-state index in [2.05, 4.69) is 0 Å². The second-order valence-electron chi connectivity index (χ2n) is 6.48. The quantitative estimate of drug-likeness (QED) is 0.935. The lowest BCUT2D eigenvalue weighted by atomic mass is 9.98. The highest BCUT2D eigenvalue weighted by atomic mass is 16.3. The minimum atomic E-state index is -0.167. The topological polar surface area (TPSA) is 60.9 Å². The molecule has 0 aliphatic carbocycles. The third-order valence-corrected chi connectivity index (χ3v) is 4.92. The van der Waals surface area contributed by atoms with Crippen LogP contribution in [0.15, 0.2) is 42.5 Å². The van der Waals surface area contributed by atoms with Gasteiger partial charge >= 0.3 is 0 Å². The predicted molar refractivity (Wildman–Crippen MR) is 96.8 cm³/mol. The molecule has 0 spiro atoms. The van der Waals surface area contributed by atoms with Crippen molar-refractivity contribution in [2.75, 3.05) is 19.0 Å². The fourth-order valence-corrected chi connectivity index (χ4v) is 3.18. The van der Waals surface area contributed by atoms with Crippen LogP contribution in [0.2, 0.25) is 0 Å². The van der Waals surface area contributed by atoms with Crippen molar-refractivity contribution in [1.82, 2.24) is 4.90 Å². The number of aromatic hydroxyl groups is 1. The summed E-state index contributed by atoms with van der Waals surface area (Å²) < 4.78 is 0. The van der Waals surface area contributed by atoms with E-state index in [9.17, 15) is 14.7 Å². The minimum absolute atomic E-state index is 0.0850. The van der Waals surface area contributed by atoms with Crippen LogP contribution in [0.1, 0.15) is 40.9 Å². The van der Waals surface area contributed by atoms with Gasteiger partial charge in [-0.3, -0.25) is 9.59 Å². The van der Waals surface area contributed by atoms with Gasteiger partial charge in [-0.25, -0.2) is 0 Å². The average molecular weight is 338 g/mol. The average Bonchev–Trinajstić information content (AvgIpc) is 2.62. The van der Waals surface area contributed by atoms with Crippen LogP contribution in [0.25, 0.3) is 0 Å². The van der Waals surface area contributed by atoms with Crippen molar-refractivity contribution in [2.24, 2.45) is 0 Å². The molecule has 2 aromatic rings. The second-order valence-corrected chi connectivity index (χ2v) is 6.48. The first-order chi connectivity index (χ1) is 11.9. The Morgan fingerprint density at radius 2 is 1.96 bits per heavy atom. The Morgan fingerprint density at radius 1 is 1.20 bits per heavy atom. The molecule has 5 heteroatoms. The summed E-state index contributed by atoms with van der Waals surface area (Å²) in [6.07, 6.45) is 1.13. The highest BCUT2D eigenvalue weighted by Crippen LogP contribution is 2.29. The van der Waals surface area contributed by atoms with Gasteiger partial charge < -0.3 is 14.9 Å². The third-order valence-electron chi connectivity index (χ3n) is 4.92. The van der Waals surface area contributed by atoms with E-state index in [1.54, 1.807) is 48.2 Å². The van der Waals surface area contributed by atoms with Crippen molar-refractivity contribution >= 4 is 17.5 Å². The zero-order chi connectivity index (χ0) is 18.1. The predicted octanol–water partition coefficient (Wildman–Crippen LogP) is 3.13. The normalized spacial score (nSPS) is 14.8. The van der Waals surface area contributed by atoms with Crippen LogP contribution in [-0.4, -0.2) is 35.9 Å². The molecule has 1 N–H and O–H groups in total. The van der Waals surface area contributed by atoms with E-state index in [0.717, 1.165) is 16.8 Å². The van der Waals surface area contributed by atoms with Gasteiger partial charge in [0.1, 0.15) is 5.75 Å². The van der Waals surface area contributed by atoms with Gasteiger partial charge in [0.15, 0.2) is 0 Å². The number of benzene rings is 2. The number of carbonyl (C=O) groups is 2. The zero-order valence-corrected chi connectivity index (χ0v) is 14.7. The molecule has 1 aliphatic rings. The molecule has 1 aliphatic heterocycles. The van der Waals surface area contributed by atoms with Crippen molar-refractivity contribution in [2.45, 2.75) is 25.8 Å². The van der Waals surface area contributed by atoms with Crippen LogP contribution in [0.3, 0.4) is 0 Å². The molecule has 25 heavy (non-hydrogen) atoms. The number of amides is 2. The minimum Gasteiger partial charge on any atom is -0.508 e. The Kier molecular flexibility index (Phi) is 4.49. The number of phenolic OH excluding ortho intramolecular Hbond substituents is 1. The van der Waals surface area contributed by atoms with Crippen LogP contribution < -0.4 is 4.90 Å². The molecule has 0 aromatic heterocycles. The Bertz CT molecular complexity index is 831. The number of hydrogen-bond donors (Lipinski definition) is 1. The van der Waals surface area contributed by atoms with Crippen LogP contribution >= 0.6 is 0 Å². The summed E-state index contributed by atoms with van der Waals surface area (Å²) in [5, 5.41) is 9.64. The number of fused-ring (bicyclic) bond motifs is 1. The maximum atomic E-state index is 12.9. The number of anilines is 1. The van der Waals surface area contributed by atoms with E-state index in [-0.39, 0.29) is 23.6 Å². The molecule has 1 heterocycles. The second kappa shape index (κ2) is 6.59. The summed E-state index contributed by atoms with van der Waals surface area (Å²) >= 11 is 0. The number of aryl methyl sites for hydroxylation is 1. The van der Waals surface area contributed by atoms with E-state index in [0.29, 0.717) is 18.4 Å². The molecule has 2 aromatic carbocycles. The van der Waals surface area contributed by atoms with E-state index in [1.807, 2.05) is 25.1 Å². The zero-order valence-electron chi connectivity index (χ0n) is 14.7. The number of phenols is 1. The van der Waals surface area contributed by atoms with Gasteiger partial charge in [-0.15, -0.1) is 0 Å². The first-order valence-electron chi connectivity index (χ1n) is 8.34. The molecule has 130 valence electrons. The number of carbonyl (C=O) groups excluding carboxylic acids is 2. The first-order valence-corrected chi connectivity index (χ1v) is 8.34. The summed E-state index contributed by atoms with van der Waals surface area (Å²) in [7, 11) is 3.52. The highest BCUT2D eigenvalue weighted by Gasteiger charge is 2.24. The molecule has 3 rings (SSSR count). The van der Waals surface area contributed by atoms with Crippen LogP contribution in [0.5, 0.6) is 5.75 Å². The smallest absolute Gasteiger partial charge is 0.254 e. The molecule has 1 unspecified atom stereocenters. The molecule has 1 atom stereocenters. The van der Waals surface area contributed by atoms with Crippen molar-refractivity contribution in [3.05, 3.63) is 59.2 Å². The van der Waals surface area contributed by atoms with Crippen LogP contribution in [0.4, 0.5) is 5.69 Å². The van der Waals surface area contributed by atoms with Crippen LogP contribution in [0, 0.1) is 0 Å². The van der Waals surface area contributed by atoms with Crippen molar-refractivity contribution < 1.29 is 14.7 Å². The van der Waals surface area contributed by atoms with Gasteiger partial charge in [0.05, 0.1) is 6.04 Å². The molecule has 0 fully saturated rings. The summed E-state index contributed by atoms with van der Waals surface area (Å²) in [6, 6.07) is 12.3. The van der Waals surface area contributed by atoms with E-state index >= 15 is 0 Å². The molecular formula is C20H22N2O3. The highest BCUT2D eigenvalue weighted by molar-refractivity contribution is 5.99. The molecule has 0 saturated heterocycles. The molecule has 0 saturated carbocycles. The van der Waals surface area contributed by atoms with Gasteiger partial charge in [-0.1, -0.05) is 12.1 Å². The van der Waals surface area contributed by atoms with Crippen molar-refractivity contribution in [3.63, 3.8) is 0 Å². The van der Waals surface area contributed by atoms with Gasteiger partial charge in [-0.2, -0.15) is 0 Å². The summed E-state index contributed by atoms with van der Waals surface area (Å²) in [5.74, 6) is 0.200. The molecule has 2 amide bonds. The Hall–Kier alpha value is -2.82. The maximum Gasteiger partial charge on any atom is 0.254 e. The third kappa shape index (κ3) is 3.22. The Morgan fingerprint density at radius 3 is 2.68 bits per heavy atom. The standard InChI is InChI=1S/C20H22N2O3/c1-13(14-5-4-6-17(23)12-14)21(2)20(25)16-7-9-18-15(11-16)8-10-19(24)22(18)3/h4-7,9,11-13,23H,8,10H2,1-3H3. The number of nitrogens with zero attached hydrogens (tertiary/aromatic N) is 2. The van der Waals surface area contributed by atoms with Gasteiger partial charge in [0.25, 0.3) is 5.91 Å². The molecule has 0 radical (unpaired) electrons. The molecule has 0 bridgehead atoms. The number of rotatable bonds is 3. The van der Waals surface area contributed by atoms with E-state index in [1.165, 1.54) is 0 Å². The fraction of sp³-hybridized carbons (Fsp3) is 0.300. The summed E-state index contributed by atoms with van der Waals surface area (Å²) in [6.45, 7) is 1.93. The first kappa shape index (κ1) is 17.0. The van der Waals surface area contributed by atoms with Crippen molar-refractivity contribution in [1.29, 1.82) is 0 Å². The van der Waals surface area contributed by atoms with Crippen molar-refractivity contribution in [3.8, 4) is 5.75 Å². The Balaban J connectivity index is 1.84. The van der Waals surface area contributed by atoms with E-state index in [4.69, 9.17) is 0 Å². The largest absolute Gasteiger partial charge is 0.508 e. The summed E-state index contributed by atoms with van der Waals surface area (Å²) in [5.41, 5.74) is 3.37.